The molecule has 1 heterocycles. The number of nitrogens with one attached hydrogen (secondary N) is 2. The van der Waals surface area contributed by atoms with Gasteiger partial charge in [0, 0.05) is 39.7 Å². The molecule has 7 nitrogen and oxygen atoms in total. The first kappa shape index (κ1) is 24.1. The van der Waals surface area contributed by atoms with Gasteiger partial charge in [-0.25, -0.2) is 0 Å². The number of aryl methyl sites for hydroxylation is 1. The van der Waals surface area contributed by atoms with Gasteiger partial charge in [-0.1, -0.05) is 32.6 Å². The van der Waals surface area contributed by atoms with Crippen molar-refractivity contribution in [2.24, 2.45) is 4.99 Å². The quantitative estimate of drug-likeness (QED) is 0.173. The number of ether oxygens (including phenoxy) is 1. The fourth-order valence-electron chi connectivity index (χ4n) is 3.35. The SMILES string of the molecule is CCc1nncn1CCNC(=NC)NCCCCOC1CCCCCC1.I. The van der Waals surface area contributed by atoms with Gasteiger partial charge in [0.1, 0.15) is 12.2 Å². The monoisotopic (exact) mass is 492 g/mol. The summed E-state index contributed by atoms with van der Waals surface area (Å²) in [5, 5.41) is 14.8. The molecule has 1 aliphatic rings. The summed E-state index contributed by atoms with van der Waals surface area (Å²) in [6, 6.07) is 0. The van der Waals surface area contributed by atoms with Crippen LogP contribution in [0, 0.1) is 0 Å². The van der Waals surface area contributed by atoms with Crippen molar-refractivity contribution in [3.8, 4) is 0 Å². The molecule has 0 atom stereocenters. The Morgan fingerprint density at radius 2 is 1.93 bits per heavy atom. The Hall–Kier alpha value is -0.900. The second kappa shape index (κ2) is 15.1. The van der Waals surface area contributed by atoms with E-state index in [4.69, 9.17) is 4.74 Å². The van der Waals surface area contributed by atoms with E-state index in [0.29, 0.717) is 6.10 Å². The van der Waals surface area contributed by atoms with Gasteiger partial charge in [-0.2, -0.15) is 0 Å². The Labute approximate surface area is 181 Å². The molecule has 0 saturated heterocycles. The molecule has 1 aromatic heterocycles. The molecule has 0 bridgehead atoms. The van der Waals surface area contributed by atoms with Gasteiger partial charge in [0.25, 0.3) is 0 Å². The Morgan fingerprint density at radius 1 is 1.19 bits per heavy atom. The zero-order valence-corrected chi connectivity index (χ0v) is 19.3. The fraction of sp³-hybridized carbons (Fsp3) is 0.842. The highest BCUT2D eigenvalue weighted by Gasteiger charge is 2.11. The molecule has 2 N–H and O–H groups in total. The first-order valence-electron chi connectivity index (χ1n) is 10.3. The summed E-state index contributed by atoms with van der Waals surface area (Å²) >= 11 is 0. The van der Waals surface area contributed by atoms with E-state index < -0.39 is 0 Å². The minimum absolute atomic E-state index is 0. The minimum atomic E-state index is 0. The molecule has 27 heavy (non-hydrogen) atoms. The zero-order valence-electron chi connectivity index (χ0n) is 17.0. The lowest BCUT2D eigenvalue weighted by Gasteiger charge is -2.15. The number of nitrogens with zero attached hydrogens (tertiary/aromatic N) is 4. The molecule has 2 rings (SSSR count). The number of rotatable bonds is 10. The maximum Gasteiger partial charge on any atom is 0.191 e. The summed E-state index contributed by atoms with van der Waals surface area (Å²) in [7, 11) is 1.81. The fourth-order valence-corrected chi connectivity index (χ4v) is 3.35. The molecule has 0 radical (unpaired) electrons. The lowest BCUT2D eigenvalue weighted by atomic mass is 10.1. The Morgan fingerprint density at radius 3 is 2.63 bits per heavy atom. The first-order valence-corrected chi connectivity index (χ1v) is 10.3. The van der Waals surface area contributed by atoms with E-state index in [1.807, 2.05) is 0 Å². The maximum atomic E-state index is 6.04. The number of aromatic nitrogens is 3. The summed E-state index contributed by atoms with van der Waals surface area (Å²) in [6.45, 7) is 5.53. The minimum Gasteiger partial charge on any atom is -0.378 e. The predicted octanol–water partition coefficient (Wildman–Crippen LogP) is 3.14. The first-order chi connectivity index (χ1) is 12.8. The van der Waals surface area contributed by atoms with E-state index >= 15 is 0 Å². The molecule has 156 valence electrons. The smallest absolute Gasteiger partial charge is 0.191 e. The van der Waals surface area contributed by atoms with Crippen LogP contribution in [-0.4, -0.2) is 53.6 Å². The number of hydrogen-bond acceptors (Lipinski definition) is 4. The largest absolute Gasteiger partial charge is 0.378 e. The maximum absolute atomic E-state index is 6.04. The van der Waals surface area contributed by atoms with Gasteiger partial charge in [0.2, 0.25) is 0 Å². The Balaban J connectivity index is 0.00000364. The van der Waals surface area contributed by atoms with Crippen molar-refractivity contribution >= 4 is 29.9 Å². The van der Waals surface area contributed by atoms with E-state index in [0.717, 1.165) is 57.3 Å². The topological polar surface area (TPSA) is 76.4 Å². The Kier molecular flexibility index (Phi) is 13.5. The van der Waals surface area contributed by atoms with Crippen LogP contribution in [0.5, 0.6) is 0 Å². The summed E-state index contributed by atoms with van der Waals surface area (Å²) in [6.07, 6.45) is 13.3. The molecular weight excluding hydrogens is 455 g/mol. The number of guanidine groups is 1. The van der Waals surface area contributed by atoms with Gasteiger partial charge in [-0.15, -0.1) is 34.2 Å². The van der Waals surface area contributed by atoms with E-state index in [2.05, 4.69) is 37.3 Å². The highest BCUT2D eigenvalue weighted by molar-refractivity contribution is 14.0. The van der Waals surface area contributed by atoms with Crippen LogP contribution in [0.4, 0.5) is 0 Å². The third kappa shape index (κ3) is 9.73. The molecule has 0 aromatic carbocycles. The van der Waals surface area contributed by atoms with Gasteiger partial charge < -0.3 is 19.9 Å². The zero-order chi connectivity index (χ0) is 18.5. The number of aliphatic imine (C=N–C) groups is 1. The molecule has 1 saturated carbocycles. The summed E-state index contributed by atoms with van der Waals surface area (Å²) < 4.78 is 8.11. The van der Waals surface area contributed by atoms with Crippen molar-refractivity contribution in [2.75, 3.05) is 26.7 Å². The van der Waals surface area contributed by atoms with Crippen molar-refractivity contribution in [2.45, 2.75) is 77.4 Å². The molecule has 0 unspecified atom stereocenters. The van der Waals surface area contributed by atoms with Crippen LogP contribution in [-0.2, 0) is 17.7 Å². The average Bonchev–Trinajstić information content (AvgIpc) is 2.96. The van der Waals surface area contributed by atoms with Crippen molar-refractivity contribution < 1.29 is 4.74 Å². The predicted molar refractivity (Wildman–Crippen MR) is 121 cm³/mol. The summed E-state index contributed by atoms with van der Waals surface area (Å²) in [5.74, 6) is 1.87. The normalized spacial score (nSPS) is 15.9. The second-order valence-electron chi connectivity index (χ2n) is 6.91. The summed E-state index contributed by atoms with van der Waals surface area (Å²) in [5.41, 5.74) is 0. The highest BCUT2D eigenvalue weighted by atomic mass is 127. The van der Waals surface area contributed by atoms with E-state index in [-0.39, 0.29) is 24.0 Å². The lowest BCUT2D eigenvalue weighted by molar-refractivity contribution is 0.0411. The standard InChI is InChI=1S/C19H36N6O.HI/c1-3-18-24-23-16-25(18)14-13-22-19(20-2)21-12-8-9-15-26-17-10-6-4-5-7-11-17;/h16-17H,3-15H2,1-2H3,(H2,20,21,22);1H. The van der Waals surface area contributed by atoms with Crippen LogP contribution in [0.15, 0.2) is 11.3 Å². The van der Waals surface area contributed by atoms with Gasteiger partial charge in [0.15, 0.2) is 5.96 Å². The molecule has 0 aliphatic heterocycles. The molecule has 0 spiro atoms. The second-order valence-corrected chi connectivity index (χ2v) is 6.91. The molecule has 0 amide bonds. The summed E-state index contributed by atoms with van der Waals surface area (Å²) in [4.78, 5) is 4.27. The average molecular weight is 492 g/mol. The molecule has 1 fully saturated rings. The van der Waals surface area contributed by atoms with Crippen molar-refractivity contribution in [1.29, 1.82) is 0 Å². The van der Waals surface area contributed by atoms with E-state index in [1.54, 1.807) is 13.4 Å². The van der Waals surface area contributed by atoms with Crippen molar-refractivity contribution in [1.82, 2.24) is 25.4 Å². The van der Waals surface area contributed by atoms with Crippen LogP contribution in [0.1, 0.15) is 64.1 Å². The van der Waals surface area contributed by atoms with Gasteiger partial charge >= 0.3 is 0 Å². The van der Waals surface area contributed by atoms with Crippen molar-refractivity contribution in [3.63, 3.8) is 0 Å². The van der Waals surface area contributed by atoms with Crippen LogP contribution in [0.3, 0.4) is 0 Å². The molecule has 1 aliphatic carbocycles. The van der Waals surface area contributed by atoms with E-state index in [9.17, 15) is 0 Å². The van der Waals surface area contributed by atoms with Crippen molar-refractivity contribution in [3.05, 3.63) is 12.2 Å². The van der Waals surface area contributed by atoms with Gasteiger partial charge in [-0.3, -0.25) is 4.99 Å². The molecular formula is C19H37IN6O. The van der Waals surface area contributed by atoms with Crippen LogP contribution in [0.2, 0.25) is 0 Å². The Bertz CT molecular complexity index is 514. The number of halogens is 1. The lowest BCUT2D eigenvalue weighted by Crippen LogP contribution is -2.39. The third-order valence-corrected chi connectivity index (χ3v) is 4.90. The van der Waals surface area contributed by atoms with Crippen LogP contribution < -0.4 is 10.6 Å². The van der Waals surface area contributed by atoms with Crippen LogP contribution in [0.25, 0.3) is 0 Å². The molecule has 8 heteroatoms. The van der Waals surface area contributed by atoms with Gasteiger partial charge in [-0.05, 0) is 25.7 Å². The number of unbranched alkanes of at least 4 members (excludes halogenated alkanes) is 1. The number of hydrogen-bond donors (Lipinski definition) is 2. The highest BCUT2D eigenvalue weighted by Crippen LogP contribution is 2.19. The van der Waals surface area contributed by atoms with E-state index in [1.165, 1.54) is 38.5 Å². The van der Waals surface area contributed by atoms with Gasteiger partial charge in [0.05, 0.1) is 6.10 Å². The molecule has 1 aromatic rings. The van der Waals surface area contributed by atoms with Crippen LogP contribution >= 0.6 is 24.0 Å². The third-order valence-electron chi connectivity index (χ3n) is 4.90.